The minimum atomic E-state index is -0.759. The van der Waals surface area contributed by atoms with Crippen molar-refractivity contribution in [2.45, 2.75) is 121 Å². The summed E-state index contributed by atoms with van der Waals surface area (Å²) in [6.45, 7) is 2.29. The summed E-state index contributed by atoms with van der Waals surface area (Å²) in [5, 5.41) is 0. The fraction of sp³-hybridized carbons (Fsp3) is 0.475. The first-order valence-corrected chi connectivity index (χ1v) is 16.9. The highest BCUT2D eigenvalue weighted by atomic mass is 16.1. The van der Waals surface area contributed by atoms with E-state index >= 15 is 0 Å². The van der Waals surface area contributed by atoms with Crippen molar-refractivity contribution in [3.8, 4) is 0 Å². The lowest BCUT2D eigenvalue weighted by molar-refractivity contribution is -0.115. The molecule has 3 aromatic rings. The number of nitrogens with two attached hydrogens (primary N) is 1. The maximum Gasteiger partial charge on any atom is 0.245 e. The Labute approximate surface area is 256 Å². The summed E-state index contributed by atoms with van der Waals surface area (Å²) in [6, 6.07) is 31.0. The Hall–Kier alpha value is -3.13. The Bertz CT molecular complexity index is 1040. The molecule has 0 spiro atoms. The van der Waals surface area contributed by atoms with E-state index in [1.807, 2.05) is 54.6 Å². The number of benzene rings is 3. The van der Waals surface area contributed by atoms with Crippen molar-refractivity contribution in [1.29, 1.82) is 0 Å². The minimum absolute atomic E-state index is 0.358. The van der Waals surface area contributed by atoms with Crippen molar-refractivity contribution < 1.29 is 4.79 Å². The Morgan fingerprint density at radius 1 is 0.524 bits per heavy atom. The zero-order chi connectivity index (χ0) is 29.7. The highest BCUT2D eigenvalue weighted by Crippen LogP contribution is 2.45. The Morgan fingerprint density at radius 2 is 0.833 bits per heavy atom. The quantitative estimate of drug-likeness (QED) is 0.0735. The third-order valence-corrected chi connectivity index (χ3v) is 8.70. The van der Waals surface area contributed by atoms with Crippen LogP contribution in [0.15, 0.2) is 103 Å². The van der Waals surface area contributed by atoms with Crippen molar-refractivity contribution >= 4 is 5.91 Å². The van der Waals surface area contributed by atoms with Crippen LogP contribution in [0.3, 0.4) is 0 Å². The molecule has 0 aliphatic carbocycles. The van der Waals surface area contributed by atoms with E-state index in [-0.39, 0.29) is 5.91 Å². The molecule has 0 unspecified atom stereocenters. The Balaban J connectivity index is 1.53. The maximum absolute atomic E-state index is 13.2. The molecule has 0 aromatic heterocycles. The van der Waals surface area contributed by atoms with Gasteiger partial charge in [0, 0.05) is 5.57 Å². The van der Waals surface area contributed by atoms with Gasteiger partial charge in [-0.1, -0.05) is 200 Å². The summed E-state index contributed by atoms with van der Waals surface area (Å²) in [4.78, 5) is 13.2. The molecule has 226 valence electrons. The molecular weight excluding hydrogens is 510 g/mol. The van der Waals surface area contributed by atoms with Gasteiger partial charge in [0.15, 0.2) is 0 Å². The minimum Gasteiger partial charge on any atom is -0.366 e. The largest absolute Gasteiger partial charge is 0.366 e. The molecule has 0 aliphatic heterocycles. The van der Waals surface area contributed by atoms with E-state index in [9.17, 15) is 4.79 Å². The van der Waals surface area contributed by atoms with Gasteiger partial charge in [-0.3, -0.25) is 4.79 Å². The van der Waals surface area contributed by atoms with Gasteiger partial charge < -0.3 is 5.73 Å². The van der Waals surface area contributed by atoms with E-state index in [0.717, 1.165) is 29.5 Å². The second kappa shape index (κ2) is 19.9. The molecule has 0 heterocycles. The van der Waals surface area contributed by atoms with Gasteiger partial charge in [-0.15, -0.1) is 0 Å². The number of carbonyl (C=O) groups is 1. The van der Waals surface area contributed by atoms with Crippen LogP contribution in [0.25, 0.3) is 0 Å². The van der Waals surface area contributed by atoms with E-state index in [1.165, 1.54) is 96.3 Å². The Morgan fingerprint density at radius 3 is 1.14 bits per heavy atom. The lowest BCUT2D eigenvalue weighted by atomic mass is 9.64. The summed E-state index contributed by atoms with van der Waals surface area (Å²) >= 11 is 0. The van der Waals surface area contributed by atoms with Crippen molar-refractivity contribution in [1.82, 2.24) is 0 Å². The molecule has 0 radical (unpaired) electrons. The van der Waals surface area contributed by atoms with Crippen LogP contribution in [0.5, 0.6) is 0 Å². The fourth-order valence-corrected chi connectivity index (χ4v) is 6.41. The monoisotopic (exact) mass is 565 g/mol. The predicted molar refractivity (Wildman–Crippen MR) is 181 cm³/mol. The topological polar surface area (TPSA) is 43.1 Å². The third kappa shape index (κ3) is 10.3. The van der Waals surface area contributed by atoms with Gasteiger partial charge >= 0.3 is 0 Å². The highest BCUT2D eigenvalue weighted by Gasteiger charge is 2.42. The van der Waals surface area contributed by atoms with E-state index < -0.39 is 5.41 Å². The van der Waals surface area contributed by atoms with Crippen LogP contribution in [0, 0.1) is 0 Å². The number of hydrogen-bond donors (Lipinski definition) is 1. The molecule has 3 rings (SSSR count). The van der Waals surface area contributed by atoms with E-state index in [4.69, 9.17) is 5.73 Å². The first kappa shape index (κ1) is 33.4. The van der Waals surface area contributed by atoms with Gasteiger partial charge in [-0.2, -0.15) is 0 Å². The van der Waals surface area contributed by atoms with Crippen LogP contribution >= 0.6 is 0 Å². The van der Waals surface area contributed by atoms with Gasteiger partial charge in [-0.05, 0) is 29.5 Å². The lowest BCUT2D eigenvalue weighted by Gasteiger charge is -2.37. The molecule has 2 N–H and O–H groups in total. The number of hydrogen-bond acceptors (Lipinski definition) is 1. The van der Waals surface area contributed by atoms with Crippen molar-refractivity contribution in [2.75, 3.05) is 0 Å². The molecule has 3 aromatic carbocycles. The number of allylic oxidation sites excluding steroid dienone is 1. The predicted octanol–water partition coefficient (Wildman–Crippen LogP) is 11.1. The molecule has 2 heteroatoms. The zero-order valence-electron chi connectivity index (χ0n) is 26.2. The smallest absolute Gasteiger partial charge is 0.245 e. The molecule has 0 saturated heterocycles. The molecule has 0 aliphatic rings. The first-order valence-electron chi connectivity index (χ1n) is 16.9. The van der Waals surface area contributed by atoms with Gasteiger partial charge in [0.1, 0.15) is 0 Å². The molecule has 0 fully saturated rings. The van der Waals surface area contributed by atoms with Crippen molar-refractivity contribution in [2.24, 2.45) is 5.73 Å². The number of carbonyl (C=O) groups excluding carboxylic acids is 1. The van der Waals surface area contributed by atoms with Crippen molar-refractivity contribution in [3.63, 3.8) is 0 Å². The third-order valence-electron chi connectivity index (χ3n) is 8.70. The van der Waals surface area contributed by atoms with E-state index in [1.54, 1.807) is 0 Å². The van der Waals surface area contributed by atoms with Crippen LogP contribution in [0.2, 0.25) is 0 Å². The number of primary amides is 1. The van der Waals surface area contributed by atoms with Crippen LogP contribution in [0.4, 0.5) is 0 Å². The van der Waals surface area contributed by atoms with Crippen LogP contribution in [-0.4, -0.2) is 5.91 Å². The van der Waals surface area contributed by atoms with Gasteiger partial charge in [-0.25, -0.2) is 0 Å². The Kier molecular flexibility index (Phi) is 15.8. The highest BCUT2D eigenvalue weighted by molar-refractivity contribution is 5.97. The number of amides is 1. The fourth-order valence-electron chi connectivity index (χ4n) is 6.41. The van der Waals surface area contributed by atoms with Gasteiger partial charge in [0.25, 0.3) is 0 Å². The van der Waals surface area contributed by atoms with E-state index in [0.29, 0.717) is 5.57 Å². The second-order valence-electron chi connectivity index (χ2n) is 11.9. The van der Waals surface area contributed by atoms with E-state index in [2.05, 4.69) is 49.4 Å². The van der Waals surface area contributed by atoms with Crippen LogP contribution in [-0.2, 0) is 10.2 Å². The summed E-state index contributed by atoms with van der Waals surface area (Å²) in [5.41, 5.74) is 9.26. The average molecular weight is 566 g/mol. The summed E-state index contributed by atoms with van der Waals surface area (Å²) < 4.78 is 0. The van der Waals surface area contributed by atoms with Gasteiger partial charge in [0.05, 0.1) is 5.41 Å². The normalized spacial score (nSPS) is 12.0. The number of unbranched alkanes of at least 4 members (excludes halogenated alkanes) is 16. The summed E-state index contributed by atoms with van der Waals surface area (Å²) in [5.74, 6) is -0.358. The lowest BCUT2D eigenvalue weighted by Crippen LogP contribution is -2.38. The molecule has 42 heavy (non-hydrogen) atoms. The molecular formula is C40H55NO. The molecule has 2 nitrogen and oxygen atoms in total. The number of rotatable bonds is 22. The van der Waals surface area contributed by atoms with Crippen molar-refractivity contribution in [3.05, 3.63) is 119 Å². The summed E-state index contributed by atoms with van der Waals surface area (Å²) in [6.07, 6.45) is 24.6. The second-order valence-corrected chi connectivity index (χ2v) is 11.9. The first-order chi connectivity index (χ1) is 20.7. The van der Waals surface area contributed by atoms with Gasteiger partial charge in [0.2, 0.25) is 5.91 Å². The molecule has 0 saturated carbocycles. The zero-order valence-corrected chi connectivity index (χ0v) is 26.2. The average Bonchev–Trinajstić information content (AvgIpc) is 3.03. The molecule has 0 atom stereocenters. The molecule has 1 amide bonds. The summed E-state index contributed by atoms with van der Waals surface area (Å²) in [7, 11) is 0. The van der Waals surface area contributed by atoms with Crippen LogP contribution in [0.1, 0.15) is 133 Å². The standard InChI is InChI=1S/C40H55NO/c1-2-3-4-5-6-7-8-9-10-11-12-13-14-15-16-17-27-34-38(39(41)42)40(35-28-21-18-22-29-35,36-30-23-19-24-31-36)37-32-25-20-26-33-37/h18-26,28-34H,2-17,27H2,1H3,(H2,41,42). The molecule has 0 bridgehead atoms. The maximum atomic E-state index is 13.2. The SMILES string of the molecule is CCCCCCCCCCCCCCCCCCC=C(C(N)=O)C(c1ccccc1)(c1ccccc1)c1ccccc1. The van der Waals surface area contributed by atoms with Crippen LogP contribution < -0.4 is 5.73 Å².